The number of ether oxygens (including phenoxy) is 1. The van der Waals surface area contributed by atoms with Gasteiger partial charge in [-0.2, -0.15) is 0 Å². The second kappa shape index (κ2) is 7.63. The van der Waals surface area contributed by atoms with Crippen LogP contribution in [0.5, 0.6) is 0 Å². The van der Waals surface area contributed by atoms with E-state index in [4.69, 9.17) is 26.6 Å². The van der Waals surface area contributed by atoms with Gasteiger partial charge in [0, 0.05) is 11.8 Å². The molecule has 3 rings (SSSR count). The Morgan fingerprint density at radius 1 is 1.30 bits per heavy atom. The van der Waals surface area contributed by atoms with Crippen LogP contribution in [0, 0.1) is 13.8 Å². The molecule has 0 saturated heterocycles. The van der Waals surface area contributed by atoms with Crippen molar-refractivity contribution < 1.29 is 14.1 Å². The molecule has 0 spiro atoms. The molecule has 3 N–H and O–H groups in total. The fraction of sp³-hybridized carbons (Fsp3) is 0.222. The standard InChI is InChI=1S/C18H18ClN5O3/c1-9-13(20)6-7-14(22-9)16-15(10(2)24-27-16)23-18(25)26-11(3)12-5-4-8-21-17(12)19/h4-8,11H,20H2,1-3H3,(H,23,25)/t11-/m1/s1. The molecular weight excluding hydrogens is 370 g/mol. The summed E-state index contributed by atoms with van der Waals surface area (Å²) in [5, 5.41) is 6.84. The highest BCUT2D eigenvalue weighted by molar-refractivity contribution is 6.30. The first-order valence-corrected chi connectivity index (χ1v) is 8.52. The molecule has 3 aromatic heterocycles. The zero-order chi connectivity index (χ0) is 19.6. The summed E-state index contributed by atoms with van der Waals surface area (Å²) in [6.45, 7) is 5.19. The summed E-state index contributed by atoms with van der Waals surface area (Å²) < 4.78 is 10.7. The predicted molar refractivity (Wildman–Crippen MR) is 101 cm³/mol. The number of aromatic nitrogens is 3. The molecule has 0 saturated carbocycles. The highest BCUT2D eigenvalue weighted by Gasteiger charge is 2.21. The van der Waals surface area contributed by atoms with E-state index in [0.29, 0.717) is 39.8 Å². The summed E-state index contributed by atoms with van der Waals surface area (Å²) in [5.41, 5.74) is 8.98. The summed E-state index contributed by atoms with van der Waals surface area (Å²) in [6.07, 6.45) is 0.293. The second-order valence-corrected chi connectivity index (χ2v) is 6.26. The van der Waals surface area contributed by atoms with Crippen molar-refractivity contribution in [3.8, 4) is 11.5 Å². The fourth-order valence-electron chi connectivity index (χ4n) is 2.45. The summed E-state index contributed by atoms with van der Waals surface area (Å²) in [5.74, 6) is 0.319. The summed E-state index contributed by atoms with van der Waals surface area (Å²) in [7, 11) is 0. The van der Waals surface area contributed by atoms with Crippen LogP contribution < -0.4 is 11.1 Å². The minimum atomic E-state index is -0.679. The van der Waals surface area contributed by atoms with E-state index < -0.39 is 12.2 Å². The van der Waals surface area contributed by atoms with Crippen molar-refractivity contribution in [1.29, 1.82) is 0 Å². The van der Waals surface area contributed by atoms with E-state index in [0.717, 1.165) is 0 Å². The number of nitrogens with zero attached hydrogens (tertiary/aromatic N) is 3. The number of pyridine rings is 2. The Bertz CT molecular complexity index is 989. The summed E-state index contributed by atoms with van der Waals surface area (Å²) in [4.78, 5) is 20.7. The van der Waals surface area contributed by atoms with Crippen molar-refractivity contribution >= 4 is 29.1 Å². The monoisotopic (exact) mass is 387 g/mol. The highest BCUT2D eigenvalue weighted by Crippen LogP contribution is 2.31. The molecule has 1 amide bonds. The van der Waals surface area contributed by atoms with Gasteiger partial charge in [0.1, 0.15) is 28.3 Å². The number of halogens is 1. The van der Waals surface area contributed by atoms with Gasteiger partial charge in [-0.15, -0.1) is 0 Å². The van der Waals surface area contributed by atoms with Gasteiger partial charge in [-0.3, -0.25) is 5.32 Å². The Labute approximate surface area is 160 Å². The molecule has 9 heteroatoms. The van der Waals surface area contributed by atoms with Gasteiger partial charge in [0.15, 0.2) is 0 Å². The molecular formula is C18H18ClN5O3. The number of carbonyl (C=O) groups excluding carboxylic acids is 1. The molecule has 0 unspecified atom stereocenters. The number of amides is 1. The highest BCUT2D eigenvalue weighted by atomic mass is 35.5. The van der Waals surface area contributed by atoms with E-state index in [2.05, 4.69) is 20.4 Å². The largest absolute Gasteiger partial charge is 0.441 e. The van der Waals surface area contributed by atoms with Crippen LogP contribution in [0.3, 0.4) is 0 Å². The van der Waals surface area contributed by atoms with Crippen molar-refractivity contribution in [1.82, 2.24) is 15.1 Å². The molecule has 0 aliphatic heterocycles. The predicted octanol–water partition coefficient (Wildman–Crippen LogP) is 4.29. The Morgan fingerprint density at radius 2 is 2.07 bits per heavy atom. The first-order chi connectivity index (χ1) is 12.9. The van der Waals surface area contributed by atoms with Crippen LogP contribution in [0.15, 0.2) is 35.0 Å². The zero-order valence-electron chi connectivity index (χ0n) is 15.0. The number of nitrogens with one attached hydrogen (secondary N) is 1. The number of carbonyl (C=O) groups is 1. The lowest BCUT2D eigenvalue weighted by Crippen LogP contribution is -2.17. The Morgan fingerprint density at radius 3 is 2.78 bits per heavy atom. The number of aryl methyl sites for hydroxylation is 2. The van der Waals surface area contributed by atoms with Crippen molar-refractivity contribution in [3.63, 3.8) is 0 Å². The maximum absolute atomic E-state index is 12.4. The molecule has 0 aliphatic rings. The average molecular weight is 388 g/mol. The average Bonchev–Trinajstić information content (AvgIpc) is 2.98. The smallest absolute Gasteiger partial charge is 0.412 e. The van der Waals surface area contributed by atoms with Crippen LogP contribution >= 0.6 is 11.6 Å². The maximum atomic E-state index is 12.4. The quantitative estimate of drug-likeness (QED) is 0.641. The van der Waals surface area contributed by atoms with Gasteiger partial charge in [-0.05, 0) is 39.0 Å². The molecule has 3 aromatic rings. The van der Waals surface area contributed by atoms with Crippen molar-refractivity contribution in [2.45, 2.75) is 26.9 Å². The SMILES string of the molecule is Cc1nc(-c2onc(C)c2NC(=O)O[C@H](C)c2cccnc2Cl)ccc1N. The van der Waals surface area contributed by atoms with E-state index in [1.54, 1.807) is 51.2 Å². The van der Waals surface area contributed by atoms with Gasteiger partial charge in [0.2, 0.25) is 5.76 Å². The lowest BCUT2D eigenvalue weighted by Gasteiger charge is -2.15. The van der Waals surface area contributed by atoms with Crippen molar-refractivity contribution in [2.24, 2.45) is 0 Å². The summed E-state index contributed by atoms with van der Waals surface area (Å²) >= 11 is 6.04. The number of nitrogens with two attached hydrogens (primary N) is 1. The van der Waals surface area contributed by atoms with Gasteiger partial charge in [0.05, 0.1) is 11.4 Å². The van der Waals surface area contributed by atoms with Crippen LogP contribution in [0.25, 0.3) is 11.5 Å². The molecule has 8 nitrogen and oxygen atoms in total. The Balaban J connectivity index is 1.79. The van der Waals surface area contributed by atoms with Crippen molar-refractivity contribution in [2.75, 3.05) is 11.1 Å². The van der Waals surface area contributed by atoms with Gasteiger partial charge < -0.3 is 15.0 Å². The molecule has 27 heavy (non-hydrogen) atoms. The van der Waals surface area contributed by atoms with E-state index in [1.165, 1.54) is 0 Å². The number of anilines is 2. The van der Waals surface area contributed by atoms with Gasteiger partial charge in [-0.25, -0.2) is 14.8 Å². The van der Waals surface area contributed by atoms with Gasteiger partial charge in [-0.1, -0.05) is 22.8 Å². The molecule has 0 aliphatic carbocycles. The molecule has 0 bridgehead atoms. The molecule has 0 fully saturated rings. The lowest BCUT2D eigenvalue weighted by atomic mass is 10.2. The lowest BCUT2D eigenvalue weighted by molar-refractivity contribution is 0.121. The normalized spacial score (nSPS) is 11.9. The molecule has 3 heterocycles. The van der Waals surface area contributed by atoms with Gasteiger partial charge >= 0.3 is 6.09 Å². The molecule has 0 aromatic carbocycles. The van der Waals surface area contributed by atoms with Crippen LogP contribution in [0.2, 0.25) is 5.15 Å². The minimum absolute atomic E-state index is 0.279. The third-order valence-corrected chi connectivity index (χ3v) is 4.27. The number of rotatable bonds is 4. The van der Waals surface area contributed by atoms with Crippen LogP contribution in [-0.2, 0) is 4.74 Å². The maximum Gasteiger partial charge on any atom is 0.412 e. The first-order valence-electron chi connectivity index (χ1n) is 8.14. The van der Waals surface area contributed by atoms with Crippen LogP contribution in [0.1, 0.15) is 30.0 Å². The third-order valence-electron chi connectivity index (χ3n) is 3.96. The molecule has 1 atom stereocenters. The topological polar surface area (TPSA) is 116 Å². The number of nitrogen functional groups attached to an aromatic ring is 1. The van der Waals surface area contributed by atoms with E-state index >= 15 is 0 Å². The number of hydrogen-bond acceptors (Lipinski definition) is 7. The van der Waals surface area contributed by atoms with Crippen molar-refractivity contribution in [3.05, 3.63) is 52.6 Å². The molecule has 140 valence electrons. The second-order valence-electron chi connectivity index (χ2n) is 5.90. The van der Waals surface area contributed by atoms with E-state index in [9.17, 15) is 4.79 Å². The van der Waals surface area contributed by atoms with E-state index in [1.807, 2.05) is 0 Å². The van der Waals surface area contributed by atoms with Gasteiger partial charge in [0.25, 0.3) is 0 Å². The Kier molecular flexibility index (Phi) is 5.27. The zero-order valence-corrected chi connectivity index (χ0v) is 15.7. The molecule has 0 radical (unpaired) electrons. The first kappa shape index (κ1) is 18.7. The third kappa shape index (κ3) is 4.01. The fourth-order valence-corrected chi connectivity index (χ4v) is 2.72. The minimum Gasteiger partial charge on any atom is -0.441 e. The van der Waals surface area contributed by atoms with E-state index in [-0.39, 0.29) is 5.15 Å². The Hall–Kier alpha value is -3.13. The summed E-state index contributed by atoms with van der Waals surface area (Å²) in [6, 6.07) is 6.86. The van der Waals surface area contributed by atoms with Crippen LogP contribution in [0.4, 0.5) is 16.2 Å². The van der Waals surface area contributed by atoms with Crippen LogP contribution in [-0.4, -0.2) is 21.2 Å². The number of hydrogen-bond donors (Lipinski definition) is 2.